The molecule has 0 aromatic heterocycles. The van der Waals surface area contributed by atoms with E-state index in [4.69, 9.17) is 18.9 Å². The summed E-state index contributed by atoms with van der Waals surface area (Å²) in [7, 11) is 2.85. The second-order valence-electron chi connectivity index (χ2n) is 6.20. The lowest BCUT2D eigenvalue weighted by molar-refractivity contribution is -0.140. The van der Waals surface area contributed by atoms with E-state index in [2.05, 4.69) is 0 Å². The molecular weight excluding hydrogens is 415 g/mol. The Morgan fingerprint density at radius 2 is 1.87 bits per heavy atom. The number of hydrogen-bond donors (Lipinski definition) is 0. The molecule has 0 fully saturated rings. The summed E-state index contributed by atoms with van der Waals surface area (Å²) in [5, 5.41) is 9.20. The number of benzene rings is 2. The van der Waals surface area contributed by atoms with Crippen molar-refractivity contribution in [2.24, 2.45) is 0 Å². The van der Waals surface area contributed by atoms with E-state index in [9.17, 15) is 23.2 Å². The van der Waals surface area contributed by atoms with E-state index in [1.807, 2.05) is 0 Å². The van der Waals surface area contributed by atoms with Crippen molar-refractivity contribution in [1.29, 1.82) is 5.26 Å². The fraction of sp³-hybridized carbons (Fsp3) is 0.273. The van der Waals surface area contributed by atoms with Gasteiger partial charge in [0.1, 0.15) is 24.9 Å². The highest BCUT2D eigenvalue weighted by molar-refractivity contribution is 5.97. The SMILES string of the molecule is COCCOC(=O)/C(C#N)=C/c1ccc(OCc2cccc(C(F)(F)F)c2)c(OC)c1. The predicted molar refractivity (Wildman–Crippen MR) is 105 cm³/mol. The first kappa shape index (κ1) is 23.8. The molecule has 31 heavy (non-hydrogen) atoms. The van der Waals surface area contributed by atoms with Crippen molar-refractivity contribution in [2.45, 2.75) is 12.8 Å². The van der Waals surface area contributed by atoms with Crippen LogP contribution in [0.15, 0.2) is 48.0 Å². The van der Waals surface area contributed by atoms with Crippen LogP contribution in [0.4, 0.5) is 13.2 Å². The molecule has 0 bridgehead atoms. The minimum absolute atomic E-state index is 0.0139. The number of carbonyl (C=O) groups is 1. The number of carbonyl (C=O) groups excluding carboxylic acids is 1. The van der Waals surface area contributed by atoms with Crippen LogP contribution in [0.1, 0.15) is 16.7 Å². The van der Waals surface area contributed by atoms with E-state index in [1.165, 1.54) is 44.6 Å². The Bertz CT molecular complexity index is 980. The van der Waals surface area contributed by atoms with E-state index in [0.717, 1.165) is 12.1 Å². The maximum absolute atomic E-state index is 12.8. The van der Waals surface area contributed by atoms with E-state index in [1.54, 1.807) is 12.1 Å². The zero-order chi connectivity index (χ0) is 22.9. The molecule has 6 nitrogen and oxygen atoms in total. The zero-order valence-electron chi connectivity index (χ0n) is 16.9. The lowest BCUT2D eigenvalue weighted by Gasteiger charge is -2.13. The van der Waals surface area contributed by atoms with Gasteiger partial charge in [0.25, 0.3) is 0 Å². The summed E-state index contributed by atoms with van der Waals surface area (Å²) in [4.78, 5) is 11.9. The van der Waals surface area contributed by atoms with Crippen LogP contribution in [0.5, 0.6) is 11.5 Å². The van der Waals surface area contributed by atoms with Crippen LogP contribution < -0.4 is 9.47 Å². The normalized spacial score (nSPS) is 11.5. The molecule has 0 aliphatic carbocycles. The van der Waals surface area contributed by atoms with Crippen LogP contribution >= 0.6 is 0 Å². The minimum Gasteiger partial charge on any atom is -0.493 e. The first-order chi connectivity index (χ1) is 14.8. The van der Waals surface area contributed by atoms with Crippen LogP contribution in [-0.2, 0) is 27.1 Å². The van der Waals surface area contributed by atoms with Crippen LogP contribution in [-0.4, -0.2) is 33.4 Å². The molecule has 0 aliphatic heterocycles. The molecule has 164 valence electrons. The van der Waals surface area contributed by atoms with Gasteiger partial charge in [-0.25, -0.2) is 4.79 Å². The molecule has 9 heteroatoms. The van der Waals surface area contributed by atoms with Crippen molar-refractivity contribution in [3.63, 3.8) is 0 Å². The van der Waals surface area contributed by atoms with Crippen LogP contribution in [0.3, 0.4) is 0 Å². The summed E-state index contributed by atoms with van der Waals surface area (Å²) in [6, 6.07) is 11.2. The molecule has 0 saturated heterocycles. The van der Waals surface area contributed by atoms with Crippen LogP contribution in [0.25, 0.3) is 6.08 Å². The van der Waals surface area contributed by atoms with Gasteiger partial charge in [-0.2, -0.15) is 18.4 Å². The first-order valence-corrected chi connectivity index (χ1v) is 9.03. The Morgan fingerprint density at radius 3 is 2.52 bits per heavy atom. The fourth-order valence-corrected chi connectivity index (χ4v) is 2.49. The number of methoxy groups -OCH3 is 2. The summed E-state index contributed by atoms with van der Waals surface area (Å²) in [6.07, 6.45) is -3.11. The van der Waals surface area contributed by atoms with Crippen molar-refractivity contribution >= 4 is 12.0 Å². The lowest BCUT2D eigenvalue weighted by atomic mass is 10.1. The number of nitrogens with zero attached hydrogens (tertiary/aromatic N) is 1. The fourth-order valence-electron chi connectivity index (χ4n) is 2.49. The molecule has 2 aromatic rings. The maximum atomic E-state index is 12.8. The average Bonchev–Trinajstić information content (AvgIpc) is 2.76. The smallest absolute Gasteiger partial charge is 0.416 e. The van der Waals surface area contributed by atoms with Crippen molar-refractivity contribution in [3.05, 3.63) is 64.7 Å². The molecule has 0 radical (unpaired) electrons. The number of alkyl halides is 3. The van der Waals surface area contributed by atoms with Crippen molar-refractivity contribution in [3.8, 4) is 17.6 Å². The molecule has 0 unspecified atom stereocenters. The van der Waals surface area contributed by atoms with Gasteiger partial charge < -0.3 is 18.9 Å². The van der Waals surface area contributed by atoms with Crippen LogP contribution in [0.2, 0.25) is 0 Å². The Morgan fingerprint density at radius 1 is 1.10 bits per heavy atom. The molecule has 0 saturated carbocycles. The molecule has 0 aliphatic rings. The van der Waals surface area contributed by atoms with Gasteiger partial charge >= 0.3 is 12.1 Å². The van der Waals surface area contributed by atoms with Gasteiger partial charge in [-0.3, -0.25) is 0 Å². The molecule has 2 rings (SSSR count). The molecule has 0 spiro atoms. The van der Waals surface area contributed by atoms with E-state index in [0.29, 0.717) is 16.9 Å². The van der Waals surface area contributed by atoms with Crippen molar-refractivity contribution in [1.82, 2.24) is 0 Å². The Balaban J connectivity index is 2.14. The monoisotopic (exact) mass is 435 g/mol. The third-order valence-electron chi connectivity index (χ3n) is 4.01. The number of ether oxygens (including phenoxy) is 4. The van der Waals surface area contributed by atoms with Gasteiger partial charge in [0.2, 0.25) is 0 Å². The summed E-state index contributed by atoms with van der Waals surface area (Å²) >= 11 is 0. The summed E-state index contributed by atoms with van der Waals surface area (Å²) in [5.41, 5.74) is -0.159. The average molecular weight is 435 g/mol. The Labute approximate surface area is 177 Å². The number of hydrogen-bond acceptors (Lipinski definition) is 6. The molecule has 0 amide bonds. The number of halogens is 3. The highest BCUT2D eigenvalue weighted by atomic mass is 19.4. The minimum atomic E-state index is -4.44. The van der Waals surface area contributed by atoms with E-state index >= 15 is 0 Å². The third kappa shape index (κ3) is 7.04. The maximum Gasteiger partial charge on any atom is 0.416 e. The van der Waals surface area contributed by atoms with Crippen molar-refractivity contribution < 1.29 is 36.9 Å². The Hall–Kier alpha value is -3.51. The third-order valence-corrected chi connectivity index (χ3v) is 4.01. The quantitative estimate of drug-likeness (QED) is 0.252. The summed E-state index contributed by atoms with van der Waals surface area (Å²) in [5.74, 6) is -0.215. The zero-order valence-corrected chi connectivity index (χ0v) is 16.9. The molecule has 0 atom stereocenters. The van der Waals surface area contributed by atoms with Gasteiger partial charge in [0, 0.05) is 7.11 Å². The van der Waals surface area contributed by atoms with E-state index in [-0.39, 0.29) is 31.1 Å². The van der Waals surface area contributed by atoms with Gasteiger partial charge in [0.05, 0.1) is 19.3 Å². The second kappa shape index (κ2) is 11.0. The first-order valence-electron chi connectivity index (χ1n) is 9.03. The molecule has 0 N–H and O–H groups in total. The number of esters is 1. The van der Waals surface area contributed by atoms with Crippen molar-refractivity contribution in [2.75, 3.05) is 27.4 Å². The Kier molecular flexibility index (Phi) is 8.46. The van der Waals surface area contributed by atoms with Gasteiger partial charge in [-0.05, 0) is 41.5 Å². The largest absolute Gasteiger partial charge is 0.493 e. The van der Waals surface area contributed by atoms with Gasteiger partial charge in [-0.1, -0.05) is 18.2 Å². The topological polar surface area (TPSA) is 77.8 Å². The van der Waals surface area contributed by atoms with Gasteiger partial charge in [0.15, 0.2) is 11.5 Å². The second-order valence-corrected chi connectivity index (χ2v) is 6.20. The molecular formula is C22H20F3NO5. The predicted octanol–water partition coefficient (Wildman–Crippen LogP) is 4.39. The standard InChI is InChI=1S/C22H20F3NO5/c1-28-8-9-30-21(27)17(13-26)10-15-6-7-19(20(12-15)29-2)31-14-16-4-3-5-18(11-16)22(23,24)25/h3-7,10-12H,8-9,14H2,1-2H3/b17-10+. The highest BCUT2D eigenvalue weighted by Gasteiger charge is 2.30. The summed E-state index contributed by atoms with van der Waals surface area (Å²) in [6.45, 7) is 0.112. The highest BCUT2D eigenvalue weighted by Crippen LogP contribution is 2.32. The van der Waals surface area contributed by atoms with Gasteiger partial charge in [-0.15, -0.1) is 0 Å². The summed E-state index contributed by atoms with van der Waals surface area (Å²) < 4.78 is 59.1. The molecule has 2 aromatic carbocycles. The van der Waals surface area contributed by atoms with E-state index < -0.39 is 17.7 Å². The lowest BCUT2D eigenvalue weighted by Crippen LogP contribution is -2.11. The molecule has 0 heterocycles. The number of nitriles is 1. The number of rotatable bonds is 9. The van der Waals surface area contributed by atoms with Crippen LogP contribution in [0, 0.1) is 11.3 Å².